The lowest BCUT2D eigenvalue weighted by atomic mass is 10.2. The molecule has 1 aliphatic rings. The first-order valence-electron chi connectivity index (χ1n) is 5.72. The van der Waals surface area contributed by atoms with Crippen molar-refractivity contribution in [1.29, 1.82) is 0 Å². The van der Waals surface area contributed by atoms with E-state index in [4.69, 9.17) is 4.74 Å². The van der Waals surface area contributed by atoms with E-state index in [9.17, 15) is 12.8 Å². The standard InChI is InChI=1S/C12H16FNO3S/c1-17-9-12(5-6-12)18(15,16)14-8-10-3-2-4-11(13)7-10/h2-4,7,14H,5-6,8-9H2,1H3. The number of sulfonamides is 1. The molecule has 2 rings (SSSR count). The Kier molecular flexibility index (Phi) is 3.70. The zero-order valence-corrected chi connectivity index (χ0v) is 11.0. The van der Waals surface area contributed by atoms with Crippen molar-refractivity contribution in [2.24, 2.45) is 0 Å². The fourth-order valence-electron chi connectivity index (χ4n) is 1.87. The molecule has 1 aromatic rings. The molecule has 6 heteroatoms. The second-order valence-corrected chi connectivity index (χ2v) is 6.73. The first-order valence-corrected chi connectivity index (χ1v) is 7.20. The Balaban J connectivity index is 2.02. The highest BCUT2D eigenvalue weighted by molar-refractivity contribution is 7.91. The van der Waals surface area contributed by atoms with Gasteiger partial charge in [0, 0.05) is 13.7 Å². The molecule has 0 atom stereocenters. The number of hydrogen-bond acceptors (Lipinski definition) is 3. The lowest BCUT2D eigenvalue weighted by Gasteiger charge is -2.16. The van der Waals surface area contributed by atoms with Gasteiger partial charge in [0.15, 0.2) is 0 Å². The molecular weight excluding hydrogens is 257 g/mol. The number of nitrogens with one attached hydrogen (secondary N) is 1. The zero-order chi connectivity index (χ0) is 13.2. The van der Waals surface area contributed by atoms with Crippen LogP contribution in [0.15, 0.2) is 24.3 Å². The summed E-state index contributed by atoms with van der Waals surface area (Å²) in [7, 11) is -1.93. The van der Waals surface area contributed by atoms with Crippen LogP contribution in [0.5, 0.6) is 0 Å². The number of ether oxygens (including phenoxy) is 1. The quantitative estimate of drug-likeness (QED) is 0.853. The molecule has 18 heavy (non-hydrogen) atoms. The Morgan fingerprint density at radius 3 is 2.72 bits per heavy atom. The van der Waals surface area contributed by atoms with Crippen LogP contribution in [0, 0.1) is 5.82 Å². The Morgan fingerprint density at radius 1 is 1.44 bits per heavy atom. The van der Waals surface area contributed by atoms with E-state index < -0.39 is 14.8 Å². The van der Waals surface area contributed by atoms with Crippen LogP contribution in [0.1, 0.15) is 18.4 Å². The second kappa shape index (κ2) is 4.95. The Morgan fingerprint density at radius 2 is 2.17 bits per heavy atom. The van der Waals surface area contributed by atoms with Crippen LogP contribution in [0.25, 0.3) is 0 Å². The van der Waals surface area contributed by atoms with Crippen molar-refractivity contribution in [3.8, 4) is 0 Å². The minimum atomic E-state index is -3.42. The molecular formula is C12H16FNO3S. The van der Waals surface area contributed by atoms with E-state index in [0.717, 1.165) is 0 Å². The Hall–Kier alpha value is -0.980. The third-order valence-corrected chi connectivity index (χ3v) is 5.33. The summed E-state index contributed by atoms with van der Waals surface area (Å²) in [6.07, 6.45) is 1.22. The van der Waals surface area contributed by atoms with Crippen LogP contribution < -0.4 is 4.72 Å². The molecule has 4 nitrogen and oxygen atoms in total. The molecule has 0 radical (unpaired) electrons. The van der Waals surface area contributed by atoms with Crippen molar-refractivity contribution < 1.29 is 17.5 Å². The van der Waals surface area contributed by atoms with E-state index in [1.54, 1.807) is 12.1 Å². The van der Waals surface area contributed by atoms with Crippen molar-refractivity contribution in [1.82, 2.24) is 4.72 Å². The fraction of sp³-hybridized carbons (Fsp3) is 0.500. The lowest BCUT2D eigenvalue weighted by Crippen LogP contribution is -2.38. The van der Waals surface area contributed by atoms with E-state index in [2.05, 4.69) is 4.72 Å². The molecule has 0 unspecified atom stereocenters. The fourth-order valence-corrected chi connectivity index (χ4v) is 3.45. The predicted molar refractivity (Wildman–Crippen MR) is 66.0 cm³/mol. The maximum atomic E-state index is 13.0. The number of rotatable bonds is 6. The number of hydrogen-bond donors (Lipinski definition) is 1. The van der Waals surface area contributed by atoms with E-state index in [1.807, 2.05) is 0 Å². The summed E-state index contributed by atoms with van der Waals surface area (Å²) < 4.78 is 43.8. The van der Waals surface area contributed by atoms with E-state index in [1.165, 1.54) is 19.2 Å². The van der Waals surface area contributed by atoms with Gasteiger partial charge in [-0.1, -0.05) is 12.1 Å². The maximum Gasteiger partial charge on any atom is 0.219 e. The van der Waals surface area contributed by atoms with Crippen LogP contribution in [0.3, 0.4) is 0 Å². The molecule has 1 saturated carbocycles. The van der Waals surface area contributed by atoms with Crippen molar-refractivity contribution >= 4 is 10.0 Å². The maximum absolute atomic E-state index is 13.0. The van der Waals surface area contributed by atoms with E-state index >= 15 is 0 Å². The normalized spacial score (nSPS) is 17.7. The molecule has 1 fully saturated rings. The summed E-state index contributed by atoms with van der Waals surface area (Å²) in [4.78, 5) is 0. The summed E-state index contributed by atoms with van der Waals surface area (Å²) in [5, 5.41) is 0. The van der Waals surface area contributed by atoms with Gasteiger partial charge in [-0.25, -0.2) is 17.5 Å². The highest BCUT2D eigenvalue weighted by atomic mass is 32.2. The first kappa shape index (κ1) is 13.5. The largest absolute Gasteiger partial charge is 0.383 e. The molecule has 0 amide bonds. The van der Waals surface area contributed by atoms with Crippen LogP contribution in [-0.2, 0) is 21.3 Å². The smallest absolute Gasteiger partial charge is 0.219 e. The van der Waals surface area contributed by atoms with Gasteiger partial charge in [0.25, 0.3) is 0 Å². The van der Waals surface area contributed by atoms with Gasteiger partial charge in [0.2, 0.25) is 10.0 Å². The van der Waals surface area contributed by atoms with Crippen molar-refractivity contribution in [3.63, 3.8) is 0 Å². The van der Waals surface area contributed by atoms with E-state index in [0.29, 0.717) is 18.4 Å². The number of benzene rings is 1. The van der Waals surface area contributed by atoms with Gasteiger partial charge in [-0.05, 0) is 30.5 Å². The van der Waals surface area contributed by atoms with Gasteiger partial charge < -0.3 is 4.74 Å². The lowest BCUT2D eigenvalue weighted by molar-refractivity contribution is 0.191. The Bertz CT molecular complexity index is 526. The van der Waals surface area contributed by atoms with Gasteiger partial charge in [0.1, 0.15) is 10.6 Å². The van der Waals surface area contributed by atoms with Crippen LogP contribution >= 0.6 is 0 Å². The predicted octanol–water partition coefficient (Wildman–Crippen LogP) is 1.42. The van der Waals surface area contributed by atoms with Gasteiger partial charge >= 0.3 is 0 Å². The van der Waals surface area contributed by atoms with Gasteiger partial charge in [-0.15, -0.1) is 0 Å². The van der Waals surface area contributed by atoms with Crippen LogP contribution in [0.4, 0.5) is 4.39 Å². The SMILES string of the molecule is COCC1(S(=O)(=O)NCc2cccc(F)c2)CC1. The van der Waals surface area contributed by atoms with Crippen molar-refractivity contribution in [2.75, 3.05) is 13.7 Å². The molecule has 0 spiro atoms. The third-order valence-electron chi connectivity index (χ3n) is 3.14. The summed E-state index contributed by atoms with van der Waals surface area (Å²) in [5.74, 6) is -0.371. The molecule has 1 aromatic carbocycles. The summed E-state index contributed by atoms with van der Waals surface area (Å²) in [6.45, 7) is 0.303. The minimum absolute atomic E-state index is 0.103. The first-order chi connectivity index (χ1) is 8.49. The number of halogens is 1. The average Bonchev–Trinajstić information content (AvgIpc) is 3.09. The molecule has 0 saturated heterocycles. The molecule has 1 aliphatic carbocycles. The highest BCUT2D eigenvalue weighted by Crippen LogP contribution is 2.43. The summed E-state index contributed by atoms with van der Waals surface area (Å²) in [6, 6.07) is 5.88. The molecule has 0 aromatic heterocycles. The van der Waals surface area contributed by atoms with Gasteiger partial charge in [-0.3, -0.25) is 0 Å². The summed E-state index contributed by atoms with van der Waals surface area (Å²) in [5.41, 5.74) is 0.604. The monoisotopic (exact) mass is 273 g/mol. The molecule has 100 valence electrons. The molecule has 0 bridgehead atoms. The highest BCUT2D eigenvalue weighted by Gasteiger charge is 2.54. The molecule has 1 N–H and O–H groups in total. The average molecular weight is 273 g/mol. The summed E-state index contributed by atoms with van der Waals surface area (Å²) >= 11 is 0. The van der Waals surface area contributed by atoms with Crippen molar-refractivity contribution in [3.05, 3.63) is 35.6 Å². The van der Waals surface area contributed by atoms with Crippen LogP contribution in [0.2, 0.25) is 0 Å². The molecule has 0 heterocycles. The van der Waals surface area contributed by atoms with Crippen LogP contribution in [-0.4, -0.2) is 26.9 Å². The molecule has 0 aliphatic heterocycles. The second-order valence-electron chi connectivity index (χ2n) is 4.57. The van der Waals surface area contributed by atoms with Gasteiger partial charge in [-0.2, -0.15) is 0 Å². The number of methoxy groups -OCH3 is 1. The van der Waals surface area contributed by atoms with Crippen molar-refractivity contribution in [2.45, 2.75) is 24.1 Å². The third kappa shape index (κ3) is 2.71. The van der Waals surface area contributed by atoms with Gasteiger partial charge in [0.05, 0.1) is 6.61 Å². The Labute approximate surface area is 106 Å². The zero-order valence-electron chi connectivity index (χ0n) is 10.1. The minimum Gasteiger partial charge on any atom is -0.383 e. The topological polar surface area (TPSA) is 55.4 Å². The van der Waals surface area contributed by atoms with E-state index in [-0.39, 0.29) is 19.0 Å².